The highest BCUT2D eigenvalue weighted by Gasteiger charge is 2.30. The van der Waals surface area contributed by atoms with Gasteiger partial charge in [0.05, 0.1) is 23.3 Å². The molecule has 0 N–H and O–H groups in total. The molecule has 5 aromatic carbocycles. The van der Waals surface area contributed by atoms with E-state index in [1.54, 1.807) is 0 Å². The minimum Gasteiger partial charge on any atom is -0.463 e. The van der Waals surface area contributed by atoms with Gasteiger partial charge in [0.1, 0.15) is 21.9 Å². The molecule has 6 aromatic rings. The molecule has 0 saturated carbocycles. The molecule has 5 heteroatoms. The van der Waals surface area contributed by atoms with Gasteiger partial charge in [-0.15, -0.1) is 0 Å². The summed E-state index contributed by atoms with van der Waals surface area (Å²) in [7, 11) is -3.90. The van der Waals surface area contributed by atoms with Crippen molar-refractivity contribution in [1.29, 1.82) is 0 Å². The molecule has 0 bridgehead atoms. The predicted octanol–water partition coefficient (Wildman–Crippen LogP) is 7.64. The number of benzene rings is 5. The summed E-state index contributed by atoms with van der Waals surface area (Å²) in [5.41, 5.74) is 4.75. The highest BCUT2D eigenvalue weighted by atomic mass is 28.3. The van der Waals surface area contributed by atoms with Gasteiger partial charge in [0.15, 0.2) is 6.29 Å². The maximum atomic E-state index is 6.67. The quantitative estimate of drug-likeness (QED) is 0.170. The number of nitrogens with zero attached hydrogens (tertiary/aromatic N) is 1. The predicted molar refractivity (Wildman–Crippen MR) is 196 cm³/mol. The van der Waals surface area contributed by atoms with Crippen LogP contribution in [0.3, 0.4) is 0 Å². The Morgan fingerprint density at radius 2 is 1.18 bits per heavy atom. The second-order valence-corrected chi connectivity index (χ2v) is 22.5. The first-order valence-electron chi connectivity index (χ1n) is 16.3. The molecule has 228 valence electrons. The molecule has 1 fully saturated rings. The van der Waals surface area contributed by atoms with Crippen molar-refractivity contribution in [2.24, 2.45) is 0 Å². The van der Waals surface area contributed by atoms with Crippen molar-refractivity contribution in [2.75, 3.05) is 6.61 Å². The third-order valence-corrected chi connectivity index (χ3v) is 17.0. The SMILES string of the molecule is Cc1ccc(OC2CCCCO2)c(-n2c3cc([Si](C)(C)c4ccccc4)ccc3c3ccc([Si](C)(C)c4ccccc4)cc32)c1. The van der Waals surface area contributed by atoms with Crippen molar-refractivity contribution >= 4 is 58.7 Å². The van der Waals surface area contributed by atoms with E-state index in [-0.39, 0.29) is 6.29 Å². The molecular weight excluding hydrogens is 583 g/mol. The topological polar surface area (TPSA) is 23.4 Å². The first kappa shape index (κ1) is 29.8. The van der Waals surface area contributed by atoms with Crippen LogP contribution in [0.2, 0.25) is 26.2 Å². The number of fused-ring (bicyclic) bond motifs is 3. The van der Waals surface area contributed by atoms with Gasteiger partial charge in [0.2, 0.25) is 0 Å². The van der Waals surface area contributed by atoms with E-state index in [1.165, 1.54) is 48.1 Å². The summed E-state index contributed by atoms with van der Waals surface area (Å²) in [4.78, 5) is 0. The first-order chi connectivity index (χ1) is 21.7. The summed E-state index contributed by atoms with van der Waals surface area (Å²) in [6, 6.07) is 43.1. The van der Waals surface area contributed by atoms with Gasteiger partial charge in [0, 0.05) is 17.2 Å². The number of hydrogen-bond donors (Lipinski definition) is 0. The van der Waals surface area contributed by atoms with Gasteiger partial charge in [-0.25, -0.2) is 0 Å². The van der Waals surface area contributed by atoms with Crippen molar-refractivity contribution < 1.29 is 9.47 Å². The zero-order valence-electron chi connectivity index (χ0n) is 27.1. The zero-order chi connectivity index (χ0) is 31.2. The lowest BCUT2D eigenvalue weighted by atomic mass is 10.1. The van der Waals surface area contributed by atoms with E-state index in [9.17, 15) is 0 Å². The van der Waals surface area contributed by atoms with Crippen molar-refractivity contribution in [3.05, 3.63) is 121 Å². The average molecular weight is 626 g/mol. The van der Waals surface area contributed by atoms with Crippen molar-refractivity contribution in [1.82, 2.24) is 4.57 Å². The van der Waals surface area contributed by atoms with Crippen LogP contribution in [0.1, 0.15) is 24.8 Å². The van der Waals surface area contributed by atoms with E-state index in [1.807, 2.05) is 0 Å². The Kier molecular flexibility index (Phi) is 7.80. The van der Waals surface area contributed by atoms with Crippen molar-refractivity contribution in [2.45, 2.75) is 58.7 Å². The molecule has 1 atom stereocenters. The molecule has 2 heterocycles. The molecule has 0 radical (unpaired) electrons. The summed E-state index contributed by atoms with van der Waals surface area (Å²) in [6.45, 7) is 12.8. The molecule has 0 amide bonds. The van der Waals surface area contributed by atoms with E-state index in [0.717, 1.165) is 37.3 Å². The molecule has 1 unspecified atom stereocenters. The molecule has 0 spiro atoms. The van der Waals surface area contributed by atoms with Crippen LogP contribution in [-0.2, 0) is 4.74 Å². The van der Waals surface area contributed by atoms with Crippen LogP contribution in [0, 0.1) is 6.92 Å². The first-order valence-corrected chi connectivity index (χ1v) is 22.3. The minimum absolute atomic E-state index is 0.215. The molecule has 1 saturated heterocycles. The molecule has 1 aliphatic heterocycles. The van der Waals surface area contributed by atoms with E-state index < -0.39 is 16.1 Å². The van der Waals surface area contributed by atoms with Gasteiger partial charge in [-0.3, -0.25) is 0 Å². The third-order valence-electron chi connectivity index (χ3n) is 9.95. The van der Waals surface area contributed by atoms with Gasteiger partial charge in [-0.05, 0) is 49.6 Å². The van der Waals surface area contributed by atoms with E-state index in [4.69, 9.17) is 9.47 Å². The Bertz CT molecular complexity index is 1860. The largest absolute Gasteiger partial charge is 0.463 e. The summed E-state index contributed by atoms with van der Waals surface area (Å²) < 4.78 is 15.2. The monoisotopic (exact) mass is 625 g/mol. The average Bonchev–Trinajstić information content (AvgIpc) is 3.40. The fourth-order valence-electron chi connectivity index (χ4n) is 6.95. The van der Waals surface area contributed by atoms with E-state index in [0.29, 0.717) is 0 Å². The molecule has 0 aliphatic carbocycles. The van der Waals surface area contributed by atoms with Crippen molar-refractivity contribution in [3.63, 3.8) is 0 Å². The number of hydrogen-bond acceptors (Lipinski definition) is 2. The van der Waals surface area contributed by atoms with Gasteiger partial charge in [0.25, 0.3) is 0 Å². The fraction of sp³-hybridized carbons (Fsp3) is 0.250. The summed E-state index contributed by atoms with van der Waals surface area (Å²) in [5.74, 6) is 0.876. The van der Waals surface area contributed by atoms with Crippen LogP contribution in [0.4, 0.5) is 0 Å². The number of rotatable bonds is 7. The zero-order valence-corrected chi connectivity index (χ0v) is 29.1. The summed E-state index contributed by atoms with van der Waals surface area (Å²) in [6.07, 6.45) is 2.93. The number of aryl methyl sites for hydroxylation is 1. The lowest BCUT2D eigenvalue weighted by molar-refractivity contribution is -0.105. The van der Waals surface area contributed by atoms with E-state index >= 15 is 0 Å². The van der Waals surface area contributed by atoms with Gasteiger partial charge in [-0.1, -0.05) is 138 Å². The van der Waals surface area contributed by atoms with Crippen LogP contribution >= 0.6 is 0 Å². The maximum Gasteiger partial charge on any atom is 0.199 e. The third kappa shape index (κ3) is 5.47. The Morgan fingerprint density at radius 1 is 0.622 bits per heavy atom. The summed E-state index contributed by atoms with van der Waals surface area (Å²) >= 11 is 0. The van der Waals surface area contributed by atoms with Crippen LogP contribution < -0.4 is 25.5 Å². The van der Waals surface area contributed by atoms with Gasteiger partial charge in [-0.2, -0.15) is 0 Å². The fourth-order valence-corrected chi connectivity index (χ4v) is 11.7. The molecule has 1 aliphatic rings. The smallest absolute Gasteiger partial charge is 0.199 e. The van der Waals surface area contributed by atoms with Crippen LogP contribution in [0.5, 0.6) is 5.75 Å². The van der Waals surface area contributed by atoms with Crippen molar-refractivity contribution in [3.8, 4) is 11.4 Å². The highest BCUT2D eigenvalue weighted by molar-refractivity contribution is 7.01. The number of aromatic nitrogens is 1. The Labute approximate surface area is 269 Å². The maximum absolute atomic E-state index is 6.67. The standard InChI is InChI=1S/C40H43NO2Si2/c1-29-19-24-39(43-40-18-12-13-25-42-40)38(26-29)41-36-27-32(44(2,3)30-14-8-6-9-15-30)20-22-34(36)35-23-21-33(28-37(35)41)45(4,5)31-16-10-7-11-17-31/h6-11,14-17,19-24,26-28,40H,12-13,18,25H2,1-5H3. The normalized spacial score (nSPS) is 15.9. The van der Waals surface area contributed by atoms with Crippen LogP contribution in [0.25, 0.3) is 27.5 Å². The molecule has 45 heavy (non-hydrogen) atoms. The van der Waals surface area contributed by atoms with Gasteiger partial charge >= 0.3 is 0 Å². The molecular formula is C40H43NO2Si2. The molecule has 3 nitrogen and oxygen atoms in total. The number of ether oxygens (including phenoxy) is 2. The lowest BCUT2D eigenvalue weighted by Crippen LogP contribution is -2.52. The van der Waals surface area contributed by atoms with Gasteiger partial charge < -0.3 is 14.0 Å². The molecule has 7 rings (SSSR count). The Hall–Kier alpha value is -3.91. The summed E-state index contributed by atoms with van der Waals surface area (Å²) in [5, 5.41) is 8.29. The van der Waals surface area contributed by atoms with Crippen LogP contribution in [0.15, 0.2) is 115 Å². The van der Waals surface area contributed by atoms with Crippen LogP contribution in [-0.4, -0.2) is 33.6 Å². The molecule has 1 aromatic heterocycles. The minimum atomic E-state index is -1.95. The second kappa shape index (κ2) is 11.8. The Balaban J connectivity index is 1.49. The lowest BCUT2D eigenvalue weighted by Gasteiger charge is -2.26. The Morgan fingerprint density at radius 3 is 1.69 bits per heavy atom. The van der Waals surface area contributed by atoms with E-state index in [2.05, 4.69) is 153 Å². The highest BCUT2D eigenvalue weighted by Crippen LogP contribution is 2.37. The second-order valence-electron chi connectivity index (χ2n) is 13.7.